The minimum Gasteiger partial charge on any atom is -0.322 e. The number of para-hydroxylation sites is 1. The number of benzene rings is 1. The Labute approximate surface area is 92.3 Å². The first-order valence-electron chi connectivity index (χ1n) is 5.29. The molecule has 1 saturated carbocycles. The fourth-order valence-electron chi connectivity index (χ4n) is 2.07. The number of rotatable bonds is 1. The van der Waals surface area contributed by atoms with E-state index in [4.69, 9.17) is 5.26 Å². The number of hydrogen-bond donors (Lipinski definition) is 1. The van der Waals surface area contributed by atoms with Gasteiger partial charge in [-0.2, -0.15) is 5.26 Å². The summed E-state index contributed by atoms with van der Waals surface area (Å²) < 4.78 is 0. The fourth-order valence-corrected chi connectivity index (χ4v) is 2.07. The lowest BCUT2D eigenvalue weighted by Crippen LogP contribution is -2.19. The van der Waals surface area contributed by atoms with E-state index in [-0.39, 0.29) is 5.56 Å². The second-order valence-electron chi connectivity index (χ2n) is 4.29. The van der Waals surface area contributed by atoms with Crippen LogP contribution in [0.4, 0.5) is 0 Å². The van der Waals surface area contributed by atoms with Crippen molar-refractivity contribution in [3.63, 3.8) is 0 Å². The van der Waals surface area contributed by atoms with Crippen LogP contribution in [-0.4, -0.2) is 4.98 Å². The van der Waals surface area contributed by atoms with Crippen LogP contribution < -0.4 is 5.56 Å². The van der Waals surface area contributed by atoms with Crippen molar-refractivity contribution >= 4 is 10.9 Å². The summed E-state index contributed by atoms with van der Waals surface area (Å²) >= 11 is 0. The molecule has 1 aromatic carbocycles. The van der Waals surface area contributed by atoms with Gasteiger partial charge in [-0.1, -0.05) is 18.2 Å². The highest BCUT2D eigenvalue weighted by Crippen LogP contribution is 2.46. The van der Waals surface area contributed by atoms with Crippen molar-refractivity contribution in [3.8, 4) is 6.07 Å². The van der Waals surface area contributed by atoms with Crippen LogP contribution in [0.25, 0.3) is 10.9 Å². The molecule has 0 saturated heterocycles. The van der Waals surface area contributed by atoms with Crippen molar-refractivity contribution in [1.29, 1.82) is 5.26 Å². The van der Waals surface area contributed by atoms with Gasteiger partial charge in [0.05, 0.1) is 11.5 Å². The Kier molecular flexibility index (Phi) is 1.69. The quantitative estimate of drug-likeness (QED) is 0.783. The molecule has 0 spiro atoms. The largest absolute Gasteiger partial charge is 0.322 e. The first-order chi connectivity index (χ1) is 7.75. The third-order valence-electron chi connectivity index (χ3n) is 3.23. The average Bonchev–Trinajstić information content (AvgIpc) is 3.09. The molecule has 0 radical (unpaired) electrons. The fraction of sp³-hybridized carbons (Fsp3) is 0.231. The van der Waals surface area contributed by atoms with E-state index in [1.807, 2.05) is 30.3 Å². The predicted molar refractivity (Wildman–Crippen MR) is 61.1 cm³/mol. The van der Waals surface area contributed by atoms with E-state index >= 15 is 0 Å². The number of nitrogens with one attached hydrogen (secondary N) is 1. The summed E-state index contributed by atoms with van der Waals surface area (Å²) in [5, 5.41) is 10.1. The average molecular weight is 210 g/mol. The molecular weight excluding hydrogens is 200 g/mol. The Hall–Kier alpha value is -2.08. The van der Waals surface area contributed by atoms with Gasteiger partial charge in [-0.15, -0.1) is 0 Å². The topological polar surface area (TPSA) is 56.6 Å². The summed E-state index contributed by atoms with van der Waals surface area (Å²) in [5.41, 5.74) is 0.800. The summed E-state index contributed by atoms with van der Waals surface area (Å²) in [5.74, 6) is 0. The van der Waals surface area contributed by atoms with Crippen LogP contribution in [0.1, 0.15) is 18.4 Å². The van der Waals surface area contributed by atoms with Gasteiger partial charge in [0.15, 0.2) is 0 Å². The molecule has 0 atom stereocenters. The predicted octanol–water partition coefficient (Wildman–Crippen LogP) is 2.08. The summed E-state index contributed by atoms with van der Waals surface area (Å²) in [4.78, 5) is 14.7. The molecule has 3 heteroatoms. The second kappa shape index (κ2) is 2.96. The van der Waals surface area contributed by atoms with E-state index in [1.54, 1.807) is 0 Å². The maximum absolute atomic E-state index is 11.9. The molecule has 1 aliphatic rings. The lowest BCUT2D eigenvalue weighted by Gasteiger charge is -2.06. The van der Waals surface area contributed by atoms with Gasteiger partial charge in [-0.05, 0) is 30.4 Å². The van der Waals surface area contributed by atoms with Crippen molar-refractivity contribution < 1.29 is 0 Å². The van der Waals surface area contributed by atoms with E-state index < -0.39 is 5.41 Å². The Morgan fingerprint density at radius 1 is 1.31 bits per heavy atom. The molecule has 1 N–H and O–H groups in total. The maximum atomic E-state index is 11.9. The highest BCUT2D eigenvalue weighted by Gasteiger charge is 2.46. The molecule has 2 aromatic rings. The summed E-state index contributed by atoms with van der Waals surface area (Å²) in [6, 6.07) is 11.7. The molecule has 1 aliphatic carbocycles. The van der Waals surface area contributed by atoms with Gasteiger partial charge < -0.3 is 4.98 Å². The number of hydrogen-bond acceptors (Lipinski definition) is 2. The van der Waals surface area contributed by atoms with E-state index in [0.717, 1.165) is 23.7 Å². The highest BCUT2D eigenvalue weighted by atomic mass is 16.1. The van der Waals surface area contributed by atoms with Crippen molar-refractivity contribution in [2.45, 2.75) is 18.3 Å². The van der Waals surface area contributed by atoms with Gasteiger partial charge in [0.1, 0.15) is 0 Å². The van der Waals surface area contributed by atoms with Gasteiger partial charge >= 0.3 is 0 Å². The van der Waals surface area contributed by atoms with Gasteiger partial charge in [0.2, 0.25) is 0 Å². The monoisotopic (exact) mass is 210 g/mol. The molecule has 78 valence electrons. The van der Waals surface area contributed by atoms with Crippen molar-refractivity contribution in [2.24, 2.45) is 0 Å². The number of H-pyrrole nitrogens is 1. The standard InChI is InChI=1S/C13H10N2O/c14-8-13(5-6-13)10-7-9-3-1-2-4-11(9)15-12(10)16/h1-4,7H,5-6H2,(H,15,16). The first-order valence-corrected chi connectivity index (χ1v) is 5.29. The van der Waals surface area contributed by atoms with Crippen LogP contribution in [0.5, 0.6) is 0 Å². The maximum Gasteiger partial charge on any atom is 0.253 e. The SMILES string of the molecule is N#CC1(c2cc3ccccc3[nH]c2=O)CC1. The number of nitriles is 1. The first kappa shape index (κ1) is 9.17. The van der Waals surface area contributed by atoms with E-state index in [2.05, 4.69) is 11.1 Å². The normalized spacial score (nSPS) is 16.9. The Balaban J connectivity index is 2.32. The molecule has 16 heavy (non-hydrogen) atoms. The van der Waals surface area contributed by atoms with Gasteiger partial charge in [0, 0.05) is 11.1 Å². The van der Waals surface area contributed by atoms with Crippen LogP contribution in [-0.2, 0) is 5.41 Å². The molecule has 1 fully saturated rings. The number of nitrogens with zero attached hydrogens (tertiary/aromatic N) is 1. The lowest BCUT2D eigenvalue weighted by atomic mass is 9.98. The number of pyridine rings is 1. The van der Waals surface area contributed by atoms with E-state index in [1.165, 1.54) is 0 Å². The van der Waals surface area contributed by atoms with Crippen LogP contribution in [0.15, 0.2) is 35.1 Å². The molecule has 0 unspecified atom stereocenters. The van der Waals surface area contributed by atoms with Crippen LogP contribution >= 0.6 is 0 Å². The van der Waals surface area contributed by atoms with Gasteiger partial charge in [-0.3, -0.25) is 4.79 Å². The van der Waals surface area contributed by atoms with Gasteiger partial charge in [0.25, 0.3) is 5.56 Å². The molecule has 0 aliphatic heterocycles. The Morgan fingerprint density at radius 3 is 2.75 bits per heavy atom. The number of aromatic nitrogens is 1. The van der Waals surface area contributed by atoms with Crippen molar-refractivity contribution in [2.75, 3.05) is 0 Å². The van der Waals surface area contributed by atoms with Crippen molar-refractivity contribution in [3.05, 3.63) is 46.2 Å². The summed E-state index contributed by atoms with van der Waals surface area (Å²) in [6.07, 6.45) is 1.59. The van der Waals surface area contributed by atoms with Crippen LogP contribution in [0, 0.1) is 11.3 Å². The molecule has 1 heterocycles. The Morgan fingerprint density at radius 2 is 2.06 bits per heavy atom. The second-order valence-corrected chi connectivity index (χ2v) is 4.29. The zero-order valence-electron chi connectivity index (χ0n) is 8.66. The third kappa shape index (κ3) is 1.17. The number of fused-ring (bicyclic) bond motifs is 1. The van der Waals surface area contributed by atoms with Crippen molar-refractivity contribution in [1.82, 2.24) is 4.98 Å². The molecular formula is C13H10N2O. The zero-order valence-corrected chi connectivity index (χ0v) is 8.66. The highest BCUT2D eigenvalue weighted by molar-refractivity contribution is 5.79. The third-order valence-corrected chi connectivity index (χ3v) is 3.23. The molecule has 3 nitrogen and oxygen atoms in total. The number of aromatic amines is 1. The minimum absolute atomic E-state index is 0.127. The molecule has 0 bridgehead atoms. The Bertz CT molecular complexity index is 659. The summed E-state index contributed by atoms with van der Waals surface area (Å²) in [6.45, 7) is 0. The van der Waals surface area contributed by atoms with E-state index in [0.29, 0.717) is 5.56 Å². The minimum atomic E-state index is -0.516. The molecule has 0 amide bonds. The lowest BCUT2D eigenvalue weighted by molar-refractivity contribution is 0.885. The zero-order chi connectivity index (χ0) is 11.2. The van der Waals surface area contributed by atoms with Crippen LogP contribution in [0.3, 0.4) is 0 Å². The van der Waals surface area contributed by atoms with E-state index in [9.17, 15) is 4.79 Å². The van der Waals surface area contributed by atoms with Gasteiger partial charge in [-0.25, -0.2) is 0 Å². The molecule has 1 aromatic heterocycles. The summed E-state index contributed by atoms with van der Waals surface area (Å²) in [7, 11) is 0. The smallest absolute Gasteiger partial charge is 0.253 e. The van der Waals surface area contributed by atoms with Crippen LogP contribution in [0.2, 0.25) is 0 Å². The molecule has 3 rings (SSSR count).